The summed E-state index contributed by atoms with van der Waals surface area (Å²) < 4.78 is 0. The SMILES string of the molecule is Cc1ccc2c(c1)CCCN2CC1CSCN1. The van der Waals surface area contributed by atoms with Crippen molar-refractivity contribution in [3.05, 3.63) is 29.3 Å². The molecule has 3 rings (SSSR count). The number of benzene rings is 1. The van der Waals surface area contributed by atoms with E-state index in [0.29, 0.717) is 6.04 Å². The van der Waals surface area contributed by atoms with E-state index in [1.165, 1.54) is 42.9 Å². The van der Waals surface area contributed by atoms with Gasteiger partial charge in [-0.2, -0.15) is 0 Å². The third-order valence-electron chi connectivity index (χ3n) is 3.68. The van der Waals surface area contributed by atoms with Gasteiger partial charge >= 0.3 is 0 Å². The molecule has 17 heavy (non-hydrogen) atoms. The number of anilines is 1. The molecule has 1 atom stereocenters. The Bertz CT molecular complexity index is 399. The van der Waals surface area contributed by atoms with Crippen LogP contribution >= 0.6 is 11.8 Å². The summed E-state index contributed by atoms with van der Waals surface area (Å²) in [5, 5.41) is 3.57. The Morgan fingerprint density at radius 1 is 1.47 bits per heavy atom. The summed E-state index contributed by atoms with van der Waals surface area (Å²) >= 11 is 2.02. The maximum Gasteiger partial charge on any atom is 0.0421 e. The van der Waals surface area contributed by atoms with Crippen LogP contribution in [0.1, 0.15) is 17.5 Å². The average Bonchev–Trinajstić information content (AvgIpc) is 2.82. The maximum absolute atomic E-state index is 3.57. The molecule has 1 unspecified atom stereocenters. The summed E-state index contributed by atoms with van der Waals surface area (Å²) in [6.07, 6.45) is 2.55. The third-order valence-corrected chi connectivity index (χ3v) is 4.69. The highest BCUT2D eigenvalue weighted by Crippen LogP contribution is 2.28. The Labute approximate surface area is 108 Å². The van der Waals surface area contributed by atoms with Crippen LogP contribution in [0.5, 0.6) is 0 Å². The van der Waals surface area contributed by atoms with Crippen LogP contribution in [0.3, 0.4) is 0 Å². The quantitative estimate of drug-likeness (QED) is 0.865. The lowest BCUT2D eigenvalue weighted by Gasteiger charge is -2.33. The molecule has 2 heterocycles. The van der Waals surface area contributed by atoms with Crippen molar-refractivity contribution in [2.75, 3.05) is 29.6 Å². The van der Waals surface area contributed by atoms with Gasteiger partial charge in [-0.15, -0.1) is 11.8 Å². The Morgan fingerprint density at radius 2 is 2.41 bits per heavy atom. The molecule has 2 aliphatic heterocycles. The topological polar surface area (TPSA) is 15.3 Å². The van der Waals surface area contributed by atoms with Gasteiger partial charge in [-0.3, -0.25) is 0 Å². The smallest absolute Gasteiger partial charge is 0.0421 e. The highest BCUT2D eigenvalue weighted by Gasteiger charge is 2.22. The molecule has 2 aliphatic rings. The highest BCUT2D eigenvalue weighted by atomic mass is 32.2. The van der Waals surface area contributed by atoms with E-state index in [-0.39, 0.29) is 0 Å². The van der Waals surface area contributed by atoms with Crippen molar-refractivity contribution in [2.45, 2.75) is 25.8 Å². The van der Waals surface area contributed by atoms with Crippen LogP contribution in [-0.4, -0.2) is 30.8 Å². The first-order valence-corrected chi connectivity index (χ1v) is 7.64. The summed E-state index contributed by atoms with van der Waals surface area (Å²) in [4.78, 5) is 2.57. The molecule has 0 spiro atoms. The zero-order chi connectivity index (χ0) is 11.7. The van der Waals surface area contributed by atoms with Crippen molar-refractivity contribution >= 4 is 17.4 Å². The summed E-state index contributed by atoms with van der Waals surface area (Å²) in [5.41, 5.74) is 4.41. The second-order valence-electron chi connectivity index (χ2n) is 5.10. The molecule has 0 saturated carbocycles. The predicted molar refractivity (Wildman–Crippen MR) is 76.0 cm³/mol. The van der Waals surface area contributed by atoms with Crippen LogP contribution < -0.4 is 10.2 Å². The minimum atomic E-state index is 0.673. The molecule has 0 radical (unpaired) electrons. The number of aryl methyl sites for hydroxylation is 2. The monoisotopic (exact) mass is 248 g/mol. The van der Waals surface area contributed by atoms with Gasteiger partial charge in [0.15, 0.2) is 0 Å². The molecular weight excluding hydrogens is 228 g/mol. The molecule has 1 N–H and O–H groups in total. The summed E-state index contributed by atoms with van der Waals surface area (Å²) in [6.45, 7) is 4.58. The van der Waals surface area contributed by atoms with Gasteiger partial charge in [0.05, 0.1) is 0 Å². The van der Waals surface area contributed by atoms with Crippen LogP contribution in [0.25, 0.3) is 0 Å². The molecule has 1 aromatic carbocycles. The fourth-order valence-electron chi connectivity index (χ4n) is 2.81. The first-order valence-electron chi connectivity index (χ1n) is 6.48. The number of hydrogen-bond donors (Lipinski definition) is 1. The second kappa shape index (κ2) is 4.91. The molecule has 1 saturated heterocycles. The highest BCUT2D eigenvalue weighted by molar-refractivity contribution is 7.99. The molecule has 3 heteroatoms. The van der Waals surface area contributed by atoms with Gasteiger partial charge in [-0.25, -0.2) is 0 Å². The Balaban J connectivity index is 1.78. The Hall–Kier alpha value is -0.670. The van der Waals surface area contributed by atoms with Gasteiger partial charge in [-0.05, 0) is 31.4 Å². The van der Waals surface area contributed by atoms with Crippen molar-refractivity contribution in [1.82, 2.24) is 5.32 Å². The van der Waals surface area contributed by atoms with Crippen molar-refractivity contribution in [3.63, 3.8) is 0 Å². The molecule has 2 nitrogen and oxygen atoms in total. The Morgan fingerprint density at radius 3 is 3.24 bits per heavy atom. The van der Waals surface area contributed by atoms with E-state index >= 15 is 0 Å². The standard InChI is InChI=1S/C14H20N2S/c1-11-4-5-14-12(7-11)3-2-6-16(14)8-13-9-17-10-15-13/h4-5,7,13,15H,2-3,6,8-10H2,1H3. The zero-order valence-corrected chi connectivity index (χ0v) is 11.2. The van der Waals surface area contributed by atoms with Crippen molar-refractivity contribution < 1.29 is 0 Å². The molecular formula is C14H20N2S. The normalized spacial score (nSPS) is 23.8. The second-order valence-corrected chi connectivity index (χ2v) is 6.13. The molecule has 0 aliphatic carbocycles. The number of hydrogen-bond acceptors (Lipinski definition) is 3. The summed E-state index contributed by atoms with van der Waals surface area (Å²) in [7, 11) is 0. The van der Waals surface area contributed by atoms with E-state index in [9.17, 15) is 0 Å². The lowest BCUT2D eigenvalue weighted by molar-refractivity contribution is 0.583. The maximum atomic E-state index is 3.57. The van der Waals surface area contributed by atoms with Crippen LogP contribution in [-0.2, 0) is 6.42 Å². The van der Waals surface area contributed by atoms with E-state index in [1.807, 2.05) is 11.8 Å². The third kappa shape index (κ3) is 2.45. The van der Waals surface area contributed by atoms with Crippen molar-refractivity contribution in [3.8, 4) is 0 Å². The van der Waals surface area contributed by atoms with Crippen LogP contribution in [0.2, 0.25) is 0 Å². The van der Waals surface area contributed by atoms with Gasteiger partial charge < -0.3 is 10.2 Å². The van der Waals surface area contributed by atoms with Gasteiger partial charge in [0.25, 0.3) is 0 Å². The van der Waals surface area contributed by atoms with Crippen LogP contribution in [0.15, 0.2) is 18.2 Å². The fraction of sp³-hybridized carbons (Fsp3) is 0.571. The van der Waals surface area contributed by atoms with E-state index in [0.717, 1.165) is 5.88 Å². The number of fused-ring (bicyclic) bond motifs is 1. The average molecular weight is 248 g/mol. The lowest BCUT2D eigenvalue weighted by atomic mass is 9.99. The molecule has 92 valence electrons. The number of nitrogens with zero attached hydrogens (tertiary/aromatic N) is 1. The van der Waals surface area contributed by atoms with Gasteiger partial charge in [-0.1, -0.05) is 17.7 Å². The molecule has 0 aromatic heterocycles. The Kier molecular flexibility index (Phi) is 3.30. The van der Waals surface area contributed by atoms with Crippen molar-refractivity contribution in [2.24, 2.45) is 0 Å². The summed E-state index contributed by atoms with van der Waals surface area (Å²) in [5.74, 6) is 2.39. The molecule has 0 amide bonds. The van der Waals surface area contributed by atoms with E-state index in [1.54, 1.807) is 5.56 Å². The zero-order valence-electron chi connectivity index (χ0n) is 10.4. The lowest BCUT2D eigenvalue weighted by Crippen LogP contribution is -2.41. The van der Waals surface area contributed by atoms with Gasteiger partial charge in [0.2, 0.25) is 0 Å². The van der Waals surface area contributed by atoms with E-state index in [4.69, 9.17) is 0 Å². The first-order chi connectivity index (χ1) is 8.33. The van der Waals surface area contributed by atoms with Gasteiger partial charge in [0, 0.05) is 36.4 Å². The number of thioether (sulfide) groups is 1. The number of rotatable bonds is 2. The minimum Gasteiger partial charge on any atom is -0.370 e. The number of nitrogens with one attached hydrogen (secondary N) is 1. The van der Waals surface area contributed by atoms with E-state index in [2.05, 4.69) is 35.3 Å². The molecule has 0 bridgehead atoms. The van der Waals surface area contributed by atoms with Crippen molar-refractivity contribution in [1.29, 1.82) is 0 Å². The van der Waals surface area contributed by atoms with Gasteiger partial charge in [0.1, 0.15) is 0 Å². The minimum absolute atomic E-state index is 0.673. The molecule has 1 aromatic rings. The largest absolute Gasteiger partial charge is 0.370 e. The van der Waals surface area contributed by atoms with Crippen LogP contribution in [0.4, 0.5) is 5.69 Å². The van der Waals surface area contributed by atoms with Crippen LogP contribution in [0, 0.1) is 6.92 Å². The summed E-state index contributed by atoms with van der Waals surface area (Å²) in [6, 6.07) is 7.59. The predicted octanol–water partition coefficient (Wildman–Crippen LogP) is 2.41. The fourth-order valence-corrected chi connectivity index (χ4v) is 3.79. The van der Waals surface area contributed by atoms with E-state index < -0.39 is 0 Å². The molecule has 1 fully saturated rings. The first kappa shape index (κ1) is 11.4.